The van der Waals surface area contributed by atoms with E-state index in [9.17, 15) is 0 Å². The van der Waals surface area contributed by atoms with Gasteiger partial charge in [-0.2, -0.15) is 0 Å². The maximum atomic E-state index is 5.20. The van der Waals surface area contributed by atoms with Gasteiger partial charge >= 0.3 is 0 Å². The number of fused-ring (bicyclic) bond motifs is 1. The molecule has 2 rings (SSSR count). The minimum atomic E-state index is 0.692. The fourth-order valence-corrected chi connectivity index (χ4v) is 2.10. The first-order chi connectivity index (χ1) is 7.68. The van der Waals surface area contributed by atoms with Crippen LogP contribution in [0.4, 0.5) is 0 Å². The van der Waals surface area contributed by atoms with Gasteiger partial charge in [0.15, 0.2) is 0 Å². The van der Waals surface area contributed by atoms with Crippen LogP contribution in [0.1, 0.15) is 0 Å². The van der Waals surface area contributed by atoms with Gasteiger partial charge in [-0.15, -0.1) is 5.10 Å². The molecule has 1 aromatic heterocycles. The summed E-state index contributed by atoms with van der Waals surface area (Å²) in [6.45, 7) is 0. The Bertz CT molecular complexity index is 506. The molecule has 2 aromatic rings. The Kier molecular flexibility index (Phi) is 3.40. The highest BCUT2D eigenvalue weighted by molar-refractivity contribution is 8.22. The summed E-state index contributed by atoms with van der Waals surface area (Å²) in [6, 6.07) is 7.90. The van der Waals surface area contributed by atoms with E-state index in [0.29, 0.717) is 5.88 Å². The maximum absolute atomic E-state index is 5.20. The lowest BCUT2D eigenvalue weighted by Gasteiger charge is -2.12. The second-order valence-electron chi connectivity index (χ2n) is 3.51. The molecule has 0 fully saturated rings. The van der Waals surface area contributed by atoms with Crippen LogP contribution in [0.15, 0.2) is 24.3 Å². The average Bonchev–Trinajstić information content (AvgIpc) is 2.69. The molecule has 84 valence electrons. The van der Waals surface area contributed by atoms with Gasteiger partial charge in [-0.3, -0.25) is 0 Å². The van der Waals surface area contributed by atoms with Gasteiger partial charge in [0.25, 0.3) is 0 Å². The Hall–Kier alpha value is -1.14. The zero-order valence-electron chi connectivity index (χ0n) is 9.12. The molecule has 16 heavy (non-hydrogen) atoms. The third-order valence-electron chi connectivity index (χ3n) is 2.10. The van der Waals surface area contributed by atoms with Gasteiger partial charge in [0, 0.05) is 14.1 Å². The summed E-state index contributed by atoms with van der Waals surface area (Å²) in [6.07, 6.45) is 0. The molecular formula is C10H12N4S2. The molecule has 0 spiro atoms. The van der Waals surface area contributed by atoms with Crippen LogP contribution < -0.4 is 0 Å². The minimum Gasteiger partial charge on any atom is -0.364 e. The summed E-state index contributed by atoms with van der Waals surface area (Å²) in [5, 5.41) is 8.18. The maximum Gasteiger partial charge on any atom is 0.137 e. The van der Waals surface area contributed by atoms with Crippen molar-refractivity contribution in [1.29, 1.82) is 0 Å². The summed E-state index contributed by atoms with van der Waals surface area (Å²) in [5.41, 5.74) is 1.95. The first-order valence-corrected chi connectivity index (χ1v) is 6.20. The van der Waals surface area contributed by atoms with Crippen molar-refractivity contribution in [2.24, 2.45) is 0 Å². The monoisotopic (exact) mass is 252 g/mol. The molecule has 1 aromatic carbocycles. The van der Waals surface area contributed by atoms with Gasteiger partial charge in [-0.05, 0) is 12.1 Å². The van der Waals surface area contributed by atoms with Crippen molar-refractivity contribution < 1.29 is 0 Å². The van der Waals surface area contributed by atoms with Crippen LogP contribution in [0.25, 0.3) is 11.0 Å². The van der Waals surface area contributed by atoms with E-state index < -0.39 is 0 Å². The van der Waals surface area contributed by atoms with Crippen LogP contribution in [0.2, 0.25) is 0 Å². The second kappa shape index (κ2) is 4.80. The topological polar surface area (TPSA) is 34.0 Å². The Labute approximate surface area is 104 Å². The summed E-state index contributed by atoms with van der Waals surface area (Å²) >= 11 is 6.78. The van der Waals surface area contributed by atoms with Crippen molar-refractivity contribution in [3.8, 4) is 0 Å². The van der Waals surface area contributed by atoms with Gasteiger partial charge < -0.3 is 4.90 Å². The van der Waals surface area contributed by atoms with E-state index in [-0.39, 0.29) is 0 Å². The zero-order chi connectivity index (χ0) is 11.5. The number of hydrogen-bond acceptors (Lipinski definition) is 4. The summed E-state index contributed by atoms with van der Waals surface area (Å²) < 4.78 is 2.70. The minimum absolute atomic E-state index is 0.692. The lowest BCUT2D eigenvalue weighted by molar-refractivity contribution is 0.646. The van der Waals surface area contributed by atoms with Crippen LogP contribution in [-0.2, 0) is 5.88 Å². The van der Waals surface area contributed by atoms with Crippen molar-refractivity contribution in [2.45, 2.75) is 5.88 Å². The summed E-state index contributed by atoms with van der Waals surface area (Å²) in [5.74, 6) is 0.692. The number of para-hydroxylation sites is 1. The Morgan fingerprint density at radius 1 is 1.44 bits per heavy atom. The van der Waals surface area contributed by atoms with Gasteiger partial charge in [0.2, 0.25) is 0 Å². The smallest absolute Gasteiger partial charge is 0.137 e. The summed E-state index contributed by atoms with van der Waals surface area (Å²) in [4.78, 5) is 1.92. The van der Waals surface area contributed by atoms with Crippen molar-refractivity contribution in [1.82, 2.24) is 19.9 Å². The van der Waals surface area contributed by atoms with E-state index in [1.165, 1.54) is 0 Å². The lowest BCUT2D eigenvalue weighted by Crippen LogP contribution is -2.17. The van der Waals surface area contributed by atoms with Crippen LogP contribution in [0, 0.1) is 0 Å². The third-order valence-corrected chi connectivity index (χ3v) is 3.80. The van der Waals surface area contributed by atoms with Gasteiger partial charge in [-0.1, -0.05) is 41.3 Å². The molecule has 0 aliphatic rings. The average molecular weight is 252 g/mol. The molecule has 6 heteroatoms. The molecule has 0 radical (unpaired) electrons. The highest BCUT2D eigenvalue weighted by Gasteiger charge is 2.05. The molecule has 0 saturated heterocycles. The van der Waals surface area contributed by atoms with E-state index in [1.54, 1.807) is 11.8 Å². The molecule has 0 aliphatic heterocycles. The van der Waals surface area contributed by atoms with Crippen molar-refractivity contribution >= 4 is 39.3 Å². The first kappa shape index (κ1) is 11.3. The standard InChI is InChI=1S/C10H12N4S2/c1-13(2)10(15)16-7-14-9-6-4-3-5-8(9)11-12-14/h3-6H,7H2,1-2H3. The molecule has 0 bridgehead atoms. The Morgan fingerprint density at radius 3 is 2.94 bits per heavy atom. The van der Waals surface area contributed by atoms with Crippen molar-refractivity contribution in [3.05, 3.63) is 24.3 Å². The number of hydrogen-bond donors (Lipinski definition) is 0. The van der Waals surface area contributed by atoms with Crippen molar-refractivity contribution in [2.75, 3.05) is 14.1 Å². The number of rotatable bonds is 2. The molecule has 0 amide bonds. The highest BCUT2D eigenvalue weighted by atomic mass is 32.2. The number of thiocarbonyl (C=S) groups is 1. The van der Waals surface area contributed by atoms with Crippen molar-refractivity contribution in [3.63, 3.8) is 0 Å². The Balaban J connectivity index is 2.13. The fraction of sp³-hybridized carbons (Fsp3) is 0.300. The fourth-order valence-electron chi connectivity index (χ4n) is 1.26. The van der Waals surface area contributed by atoms with Crippen LogP contribution >= 0.6 is 24.0 Å². The zero-order valence-corrected chi connectivity index (χ0v) is 10.8. The Morgan fingerprint density at radius 2 is 2.19 bits per heavy atom. The van der Waals surface area contributed by atoms with E-state index in [4.69, 9.17) is 12.2 Å². The van der Waals surface area contributed by atoms with E-state index in [2.05, 4.69) is 10.3 Å². The van der Waals surface area contributed by atoms with Crippen LogP contribution in [-0.4, -0.2) is 38.3 Å². The lowest BCUT2D eigenvalue weighted by atomic mass is 10.3. The normalized spacial score (nSPS) is 10.6. The third kappa shape index (κ3) is 2.33. The predicted octanol–water partition coefficient (Wildman–Crippen LogP) is 1.97. The molecule has 1 heterocycles. The van der Waals surface area contributed by atoms with E-state index in [0.717, 1.165) is 15.4 Å². The van der Waals surface area contributed by atoms with Gasteiger partial charge in [-0.25, -0.2) is 4.68 Å². The van der Waals surface area contributed by atoms with Crippen LogP contribution in [0.3, 0.4) is 0 Å². The molecule has 0 aliphatic carbocycles. The second-order valence-corrected chi connectivity index (χ2v) is 5.09. The molecule has 0 saturated carbocycles. The molecule has 0 atom stereocenters. The molecule has 0 unspecified atom stereocenters. The largest absolute Gasteiger partial charge is 0.364 e. The number of nitrogens with zero attached hydrogens (tertiary/aromatic N) is 4. The first-order valence-electron chi connectivity index (χ1n) is 4.81. The SMILES string of the molecule is CN(C)C(=S)SCn1nnc2ccccc21. The molecular weight excluding hydrogens is 240 g/mol. The van der Waals surface area contributed by atoms with Gasteiger partial charge in [0.05, 0.1) is 11.4 Å². The van der Waals surface area contributed by atoms with E-state index in [1.807, 2.05) is 47.9 Å². The number of benzene rings is 1. The number of aromatic nitrogens is 3. The number of thioether (sulfide) groups is 1. The van der Waals surface area contributed by atoms with E-state index >= 15 is 0 Å². The summed E-state index contributed by atoms with van der Waals surface area (Å²) in [7, 11) is 3.88. The van der Waals surface area contributed by atoms with Crippen LogP contribution in [0.5, 0.6) is 0 Å². The molecule has 0 N–H and O–H groups in total. The quantitative estimate of drug-likeness (QED) is 0.763. The molecule has 4 nitrogen and oxygen atoms in total. The highest BCUT2D eigenvalue weighted by Crippen LogP contribution is 2.15. The predicted molar refractivity (Wildman–Crippen MR) is 71.4 cm³/mol. The van der Waals surface area contributed by atoms with Gasteiger partial charge in [0.1, 0.15) is 9.84 Å².